The van der Waals surface area contributed by atoms with Gasteiger partial charge in [0.1, 0.15) is 0 Å². The summed E-state index contributed by atoms with van der Waals surface area (Å²) in [6, 6.07) is 8.23. The van der Waals surface area contributed by atoms with E-state index in [1.807, 2.05) is 12.1 Å². The average molecular weight is 244 g/mol. The molecule has 2 aliphatic rings. The molecule has 96 valence electrons. The third kappa shape index (κ3) is 2.22. The summed E-state index contributed by atoms with van der Waals surface area (Å²) in [4.78, 5) is 12.6. The van der Waals surface area contributed by atoms with Gasteiger partial charge >= 0.3 is 0 Å². The van der Waals surface area contributed by atoms with E-state index in [-0.39, 0.29) is 5.92 Å². The minimum absolute atomic E-state index is 0.181. The number of benzene rings is 1. The van der Waals surface area contributed by atoms with Gasteiger partial charge in [-0.3, -0.25) is 4.79 Å². The lowest BCUT2D eigenvalue weighted by Gasteiger charge is -2.29. The van der Waals surface area contributed by atoms with Crippen molar-refractivity contribution in [2.75, 3.05) is 13.2 Å². The molecule has 18 heavy (non-hydrogen) atoms. The highest BCUT2D eigenvalue weighted by Crippen LogP contribution is 2.38. The fraction of sp³-hybridized carbons (Fsp3) is 0.562. The zero-order chi connectivity index (χ0) is 12.4. The van der Waals surface area contributed by atoms with Gasteiger partial charge in [0.2, 0.25) is 0 Å². The zero-order valence-corrected chi connectivity index (χ0v) is 10.7. The molecule has 0 spiro atoms. The molecule has 2 nitrogen and oxygen atoms in total. The Labute approximate surface area is 108 Å². The van der Waals surface area contributed by atoms with E-state index in [1.54, 1.807) is 0 Å². The Kier molecular flexibility index (Phi) is 3.46. The molecule has 0 radical (unpaired) electrons. The third-order valence-corrected chi connectivity index (χ3v) is 4.36. The van der Waals surface area contributed by atoms with Gasteiger partial charge in [-0.25, -0.2) is 0 Å². The number of ketones is 1. The van der Waals surface area contributed by atoms with Gasteiger partial charge < -0.3 is 4.74 Å². The van der Waals surface area contributed by atoms with E-state index in [4.69, 9.17) is 4.74 Å². The van der Waals surface area contributed by atoms with Crippen LogP contribution in [0, 0.1) is 5.92 Å². The first-order valence-corrected chi connectivity index (χ1v) is 7.07. The van der Waals surface area contributed by atoms with Crippen LogP contribution >= 0.6 is 0 Å². The van der Waals surface area contributed by atoms with Crippen LogP contribution in [0.3, 0.4) is 0 Å². The molecule has 1 aliphatic heterocycles. The topological polar surface area (TPSA) is 26.3 Å². The van der Waals surface area contributed by atoms with Crippen molar-refractivity contribution in [3.8, 4) is 0 Å². The summed E-state index contributed by atoms with van der Waals surface area (Å²) < 4.78 is 5.34. The first kappa shape index (κ1) is 11.9. The molecule has 0 aromatic heterocycles. The minimum atomic E-state index is 0.181. The van der Waals surface area contributed by atoms with Crippen molar-refractivity contribution in [3.63, 3.8) is 0 Å². The molecule has 0 atom stereocenters. The molecule has 2 fully saturated rings. The predicted molar refractivity (Wildman–Crippen MR) is 70.9 cm³/mol. The van der Waals surface area contributed by atoms with Crippen LogP contribution in [-0.2, 0) is 4.74 Å². The van der Waals surface area contributed by atoms with E-state index in [2.05, 4.69) is 12.1 Å². The molecular weight excluding hydrogens is 224 g/mol. The number of hydrogen-bond donors (Lipinski definition) is 0. The van der Waals surface area contributed by atoms with Crippen LogP contribution < -0.4 is 0 Å². The van der Waals surface area contributed by atoms with Gasteiger partial charge in [0.15, 0.2) is 5.78 Å². The summed E-state index contributed by atoms with van der Waals surface area (Å²) in [7, 11) is 0. The highest BCUT2D eigenvalue weighted by atomic mass is 16.5. The van der Waals surface area contributed by atoms with Crippen LogP contribution in [0.5, 0.6) is 0 Å². The van der Waals surface area contributed by atoms with Crippen molar-refractivity contribution in [2.24, 2.45) is 5.92 Å². The largest absolute Gasteiger partial charge is 0.381 e. The molecule has 1 aromatic carbocycles. The second kappa shape index (κ2) is 5.23. The standard InChI is InChI=1S/C16H20O2/c17-16(13-8-10-18-11-9-13)15-7-2-1-6-14(15)12-4-3-5-12/h1-2,6-7,12-13H,3-5,8-11H2. The van der Waals surface area contributed by atoms with Crippen molar-refractivity contribution in [3.05, 3.63) is 35.4 Å². The Morgan fingerprint density at radius 3 is 2.44 bits per heavy atom. The second-order valence-electron chi connectivity index (χ2n) is 5.47. The molecule has 1 heterocycles. The summed E-state index contributed by atoms with van der Waals surface area (Å²) in [6.45, 7) is 1.48. The SMILES string of the molecule is O=C(c1ccccc1C1CCC1)C1CCOCC1. The number of ether oxygens (including phenoxy) is 1. The number of carbonyl (C=O) groups excluding carboxylic acids is 1. The second-order valence-corrected chi connectivity index (χ2v) is 5.47. The molecule has 2 heteroatoms. The molecule has 1 saturated carbocycles. The molecule has 1 aromatic rings. The first-order chi connectivity index (χ1) is 8.86. The maximum atomic E-state index is 12.6. The Hall–Kier alpha value is -1.15. The van der Waals surface area contributed by atoms with Gasteiger partial charge in [-0.1, -0.05) is 30.7 Å². The Morgan fingerprint density at radius 2 is 1.78 bits per heavy atom. The third-order valence-electron chi connectivity index (χ3n) is 4.36. The quantitative estimate of drug-likeness (QED) is 0.760. The zero-order valence-electron chi connectivity index (χ0n) is 10.7. The van der Waals surface area contributed by atoms with E-state index >= 15 is 0 Å². The van der Waals surface area contributed by atoms with Gasteiger partial charge in [-0.15, -0.1) is 0 Å². The maximum absolute atomic E-state index is 12.6. The van der Waals surface area contributed by atoms with Crippen LogP contribution in [0.2, 0.25) is 0 Å². The van der Waals surface area contributed by atoms with E-state index in [1.165, 1.54) is 24.8 Å². The van der Waals surface area contributed by atoms with E-state index < -0.39 is 0 Å². The number of Topliss-reactive ketones (excluding diaryl/α,β-unsaturated/α-hetero) is 1. The summed E-state index contributed by atoms with van der Waals surface area (Å²) in [6.07, 6.45) is 5.58. The summed E-state index contributed by atoms with van der Waals surface area (Å²) in [5, 5.41) is 0. The molecule has 1 aliphatic carbocycles. The van der Waals surface area contributed by atoms with E-state index in [0.29, 0.717) is 11.7 Å². The van der Waals surface area contributed by atoms with Crippen molar-refractivity contribution < 1.29 is 9.53 Å². The monoisotopic (exact) mass is 244 g/mol. The van der Waals surface area contributed by atoms with Crippen molar-refractivity contribution in [1.82, 2.24) is 0 Å². The van der Waals surface area contributed by atoms with Gasteiger partial charge in [0.05, 0.1) is 0 Å². The molecule has 0 unspecified atom stereocenters. The lowest BCUT2D eigenvalue weighted by molar-refractivity contribution is 0.0543. The van der Waals surface area contributed by atoms with Gasteiger partial charge in [-0.2, -0.15) is 0 Å². The van der Waals surface area contributed by atoms with Crippen LogP contribution in [0.1, 0.15) is 53.9 Å². The van der Waals surface area contributed by atoms with Crippen molar-refractivity contribution in [1.29, 1.82) is 0 Å². The minimum Gasteiger partial charge on any atom is -0.381 e. The Bertz CT molecular complexity index is 428. The summed E-state index contributed by atoms with van der Waals surface area (Å²) in [5.41, 5.74) is 2.27. The van der Waals surface area contributed by atoms with Gasteiger partial charge in [0.25, 0.3) is 0 Å². The predicted octanol–water partition coefficient (Wildman–Crippen LogP) is 3.56. The number of hydrogen-bond acceptors (Lipinski definition) is 2. The molecule has 0 bridgehead atoms. The Morgan fingerprint density at radius 1 is 1.06 bits per heavy atom. The van der Waals surface area contributed by atoms with Crippen LogP contribution in [0.4, 0.5) is 0 Å². The maximum Gasteiger partial charge on any atom is 0.166 e. The number of rotatable bonds is 3. The smallest absolute Gasteiger partial charge is 0.166 e. The summed E-state index contributed by atoms with van der Waals surface area (Å²) in [5.74, 6) is 1.16. The molecule has 0 N–H and O–H groups in total. The number of carbonyl (C=O) groups is 1. The van der Waals surface area contributed by atoms with Crippen molar-refractivity contribution in [2.45, 2.75) is 38.0 Å². The average Bonchev–Trinajstić information content (AvgIpc) is 2.38. The fourth-order valence-electron chi connectivity index (χ4n) is 2.98. The highest BCUT2D eigenvalue weighted by Gasteiger charge is 2.28. The summed E-state index contributed by atoms with van der Waals surface area (Å²) >= 11 is 0. The Balaban J connectivity index is 1.83. The van der Waals surface area contributed by atoms with Gasteiger partial charge in [-0.05, 0) is 37.2 Å². The highest BCUT2D eigenvalue weighted by molar-refractivity contribution is 5.99. The van der Waals surface area contributed by atoms with Crippen LogP contribution in [0.25, 0.3) is 0 Å². The van der Waals surface area contributed by atoms with Crippen LogP contribution in [0.15, 0.2) is 24.3 Å². The fourth-order valence-corrected chi connectivity index (χ4v) is 2.98. The first-order valence-electron chi connectivity index (χ1n) is 7.07. The molecular formula is C16H20O2. The van der Waals surface area contributed by atoms with E-state index in [9.17, 15) is 4.79 Å². The van der Waals surface area contributed by atoms with Gasteiger partial charge in [0, 0.05) is 24.7 Å². The van der Waals surface area contributed by atoms with Crippen LogP contribution in [-0.4, -0.2) is 19.0 Å². The van der Waals surface area contributed by atoms with E-state index in [0.717, 1.165) is 31.6 Å². The molecule has 0 amide bonds. The lowest BCUT2D eigenvalue weighted by Crippen LogP contribution is -2.25. The molecule has 3 rings (SSSR count). The normalized spacial score (nSPS) is 21.6. The lowest BCUT2D eigenvalue weighted by atomic mass is 9.76. The van der Waals surface area contributed by atoms with Crippen molar-refractivity contribution >= 4 is 5.78 Å². The molecule has 1 saturated heterocycles.